The zero-order chi connectivity index (χ0) is 17.6. The zero-order valence-electron chi connectivity index (χ0n) is 13.0. The molecule has 1 aliphatic rings. The number of phenols is 1. The molecule has 4 rings (SSSR count). The molecule has 3 aromatic rings. The van der Waals surface area contributed by atoms with Crippen molar-refractivity contribution < 1.29 is 29.9 Å². The van der Waals surface area contributed by atoms with Crippen molar-refractivity contribution >= 4 is 22.1 Å². The van der Waals surface area contributed by atoms with Crippen LogP contribution in [0.2, 0.25) is 0 Å². The predicted octanol–water partition coefficient (Wildman–Crippen LogP) is 0.306. The van der Waals surface area contributed by atoms with E-state index in [2.05, 4.69) is 9.97 Å². The summed E-state index contributed by atoms with van der Waals surface area (Å²) in [6, 6.07) is 9.96. The maximum absolute atomic E-state index is 10.0. The minimum Gasteiger partial charge on any atom is -0.506 e. The predicted molar refractivity (Wildman–Crippen MR) is 87.1 cm³/mol. The van der Waals surface area contributed by atoms with Gasteiger partial charge < -0.3 is 29.9 Å². The second-order valence-corrected chi connectivity index (χ2v) is 5.82. The lowest BCUT2D eigenvalue weighted by molar-refractivity contribution is -0.116. The summed E-state index contributed by atoms with van der Waals surface area (Å²) in [5, 5.41) is 38.9. The number of aromatic hydroxyl groups is 1. The lowest BCUT2D eigenvalue weighted by atomic mass is 10.1. The Morgan fingerprint density at radius 2 is 1.64 bits per heavy atom. The lowest BCUT2D eigenvalue weighted by Gasteiger charge is -2.17. The topological polar surface area (TPSA) is 125 Å². The Labute approximate surface area is 141 Å². The van der Waals surface area contributed by atoms with Crippen LogP contribution in [0.4, 0.5) is 0 Å². The van der Waals surface area contributed by atoms with E-state index < -0.39 is 31.2 Å². The van der Waals surface area contributed by atoms with Crippen molar-refractivity contribution in [2.75, 3.05) is 6.61 Å². The fourth-order valence-electron chi connectivity index (χ4n) is 2.86. The third-order valence-corrected chi connectivity index (χ3v) is 4.18. The van der Waals surface area contributed by atoms with Crippen LogP contribution in [0.1, 0.15) is 0 Å². The number of aliphatic hydroxyl groups excluding tert-OH is 3. The average Bonchev–Trinajstić information content (AvgIpc) is 2.89. The van der Waals surface area contributed by atoms with Crippen LogP contribution in [0, 0.1) is 0 Å². The van der Waals surface area contributed by atoms with Crippen LogP contribution in [-0.2, 0) is 4.74 Å². The van der Waals surface area contributed by atoms with Crippen LogP contribution in [0.15, 0.2) is 36.4 Å². The van der Waals surface area contributed by atoms with Gasteiger partial charge in [-0.2, -0.15) is 0 Å². The van der Waals surface area contributed by atoms with E-state index >= 15 is 0 Å². The third kappa shape index (κ3) is 2.65. The maximum Gasteiger partial charge on any atom is 0.229 e. The van der Waals surface area contributed by atoms with Gasteiger partial charge in [0.15, 0.2) is 5.75 Å². The zero-order valence-corrected chi connectivity index (χ0v) is 13.0. The minimum absolute atomic E-state index is 0.0293. The van der Waals surface area contributed by atoms with Crippen molar-refractivity contribution in [3.8, 4) is 11.5 Å². The van der Waals surface area contributed by atoms with E-state index in [0.29, 0.717) is 27.8 Å². The molecular formula is C17H16N2O6. The summed E-state index contributed by atoms with van der Waals surface area (Å²) in [5.41, 5.74) is 1.79. The molecule has 8 heteroatoms. The normalized spacial score (nSPS) is 26.4. The second-order valence-electron chi connectivity index (χ2n) is 5.82. The molecule has 25 heavy (non-hydrogen) atoms. The standard InChI is InChI=1S/C17H16N2O6/c20-7-12-15(22)16(23)17(25-12)24-11-6-2-4-9-14(11)19-8-3-1-5-10(21)13(8)18-9/h1-6,12,15-17,20-23H,7H2/t12-,15-,16+,17?/m1/s1. The van der Waals surface area contributed by atoms with E-state index in [1.807, 2.05) is 0 Å². The Morgan fingerprint density at radius 3 is 2.36 bits per heavy atom. The lowest BCUT2D eigenvalue weighted by Crippen LogP contribution is -2.35. The monoisotopic (exact) mass is 344 g/mol. The first-order chi connectivity index (χ1) is 12.1. The van der Waals surface area contributed by atoms with Gasteiger partial charge in [-0.3, -0.25) is 0 Å². The number of phenolic OH excluding ortho intramolecular Hbond substituents is 1. The van der Waals surface area contributed by atoms with Gasteiger partial charge in [-0.25, -0.2) is 9.97 Å². The molecule has 1 aromatic heterocycles. The van der Waals surface area contributed by atoms with Gasteiger partial charge in [-0.05, 0) is 24.3 Å². The van der Waals surface area contributed by atoms with E-state index in [1.165, 1.54) is 6.07 Å². The van der Waals surface area contributed by atoms with Crippen molar-refractivity contribution in [2.24, 2.45) is 0 Å². The number of hydrogen-bond donors (Lipinski definition) is 4. The van der Waals surface area contributed by atoms with Gasteiger partial charge >= 0.3 is 0 Å². The minimum atomic E-state index is -1.30. The molecule has 1 saturated heterocycles. The summed E-state index contributed by atoms with van der Waals surface area (Å²) in [5.74, 6) is 0.340. The molecule has 130 valence electrons. The molecule has 4 atom stereocenters. The van der Waals surface area contributed by atoms with E-state index in [1.54, 1.807) is 30.3 Å². The van der Waals surface area contributed by atoms with Crippen LogP contribution in [0.3, 0.4) is 0 Å². The number of benzene rings is 2. The highest BCUT2D eigenvalue weighted by atomic mass is 16.7. The van der Waals surface area contributed by atoms with Crippen molar-refractivity contribution in [3.05, 3.63) is 36.4 Å². The number of fused-ring (bicyclic) bond motifs is 2. The van der Waals surface area contributed by atoms with Gasteiger partial charge in [0.1, 0.15) is 35.1 Å². The summed E-state index contributed by atoms with van der Waals surface area (Å²) in [6.07, 6.45) is -4.60. The quantitative estimate of drug-likeness (QED) is 0.500. The molecule has 8 nitrogen and oxygen atoms in total. The first-order valence-corrected chi connectivity index (χ1v) is 7.76. The van der Waals surface area contributed by atoms with Crippen LogP contribution in [0.25, 0.3) is 22.1 Å². The van der Waals surface area contributed by atoms with Crippen LogP contribution in [0.5, 0.6) is 11.5 Å². The van der Waals surface area contributed by atoms with Crippen molar-refractivity contribution in [2.45, 2.75) is 24.6 Å². The van der Waals surface area contributed by atoms with Gasteiger partial charge in [-0.15, -0.1) is 0 Å². The Morgan fingerprint density at radius 1 is 0.960 bits per heavy atom. The molecule has 1 aliphatic heterocycles. The highest BCUT2D eigenvalue weighted by Gasteiger charge is 2.44. The molecule has 2 aromatic carbocycles. The first-order valence-electron chi connectivity index (χ1n) is 7.76. The largest absolute Gasteiger partial charge is 0.506 e. The summed E-state index contributed by atoms with van der Waals surface area (Å²) in [6.45, 7) is -0.433. The number of nitrogens with zero attached hydrogens (tertiary/aromatic N) is 2. The second kappa shape index (κ2) is 6.08. The number of aliphatic hydroxyl groups is 3. The van der Waals surface area contributed by atoms with Crippen LogP contribution in [-0.4, -0.2) is 61.6 Å². The summed E-state index contributed by atoms with van der Waals surface area (Å²) in [4.78, 5) is 8.86. The smallest absolute Gasteiger partial charge is 0.229 e. The van der Waals surface area contributed by atoms with E-state index in [-0.39, 0.29) is 5.75 Å². The fourth-order valence-corrected chi connectivity index (χ4v) is 2.86. The summed E-state index contributed by atoms with van der Waals surface area (Å²) >= 11 is 0. The van der Waals surface area contributed by atoms with Gasteiger partial charge in [0.2, 0.25) is 6.29 Å². The fraction of sp³-hybridized carbons (Fsp3) is 0.294. The van der Waals surface area contributed by atoms with Crippen LogP contribution < -0.4 is 4.74 Å². The summed E-state index contributed by atoms with van der Waals surface area (Å²) in [7, 11) is 0. The van der Waals surface area contributed by atoms with Gasteiger partial charge in [0, 0.05) is 0 Å². The number of rotatable bonds is 3. The molecule has 0 radical (unpaired) electrons. The average molecular weight is 344 g/mol. The van der Waals surface area contributed by atoms with Crippen molar-refractivity contribution in [3.63, 3.8) is 0 Å². The molecule has 1 unspecified atom stereocenters. The SMILES string of the molecule is OC[C@H]1OC(Oc2cccc3nc4c(O)cccc4nc23)[C@@H](O)[C@@H]1O. The van der Waals surface area contributed by atoms with Crippen LogP contribution >= 0.6 is 0 Å². The number of aromatic nitrogens is 2. The summed E-state index contributed by atoms with van der Waals surface area (Å²) < 4.78 is 11.0. The Balaban J connectivity index is 1.75. The number of ether oxygens (including phenoxy) is 2. The molecule has 0 bridgehead atoms. The first kappa shape index (κ1) is 16.0. The van der Waals surface area contributed by atoms with Crippen molar-refractivity contribution in [1.82, 2.24) is 9.97 Å². The Kier molecular flexibility index (Phi) is 3.89. The van der Waals surface area contributed by atoms with Gasteiger partial charge in [0.05, 0.1) is 17.6 Å². The van der Waals surface area contributed by atoms with Gasteiger partial charge in [-0.1, -0.05) is 12.1 Å². The molecule has 2 heterocycles. The van der Waals surface area contributed by atoms with E-state index in [4.69, 9.17) is 14.6 Å². The highest BCUT2D eigenvalue weighted by molar-refractivity contribution is 5.91. The molecule has 0 spiro atoms. The Hall–Kier alpha value is -2.52. The van der Waals surface area contributed by atoms with E-state index in [9.17, 15) is 15.3 Å². The van der Waals surface area contributed by atoms with E-state index in [0.717, 1.165) is 0 Å². The number of para-hydroxylation sites is 2. The molecule has 0 amide bonds. The third-order valence-electron chi connectivity index (χ3n) is 4.18. The molecule has 1 fully saturated rings. The van der Waals surface area contributed by atoms with Crippen molar-refractivity contribution in [1.29, 1.82) is 0 Å². The maximum atomic E-state index is 10.0. The highest BCUT2D eigenvalue weighted by Crippen LogP contribution is 2.31. The molecule has 0 saturated carbocycles. The molecule has 0 aliphatic carbocycles. The number of hydrogen-bond acceptors (Lipinski definition) is 8. The van der Waals surface area contributed by atoms with Gasteiger partial charge in [0.25, 0.3) is 0 Å². The Bertz CT molecular complexity index is 934. The molecular weight excluding hydrogens is 328 g/mol. The molecule has 4 N–H and O–H groups in total.